The molecule has 0 amide bonds. The molecular formula is C12H16ClFN2O. The van der Waals surface area contributed by atoms with Crippen molar-refractivity contribution in [2.45, 2.75) is 6.54 Å². The van der Waals surface area contributed by atoms with Crippen LogP contribution in [0.15, 0.2) is 24.3 Å². The first-order valence-corrected chi connectivity index (χ1v) is 6.07. The number of nitrogens with zero attached hydrogens (tertiary/aromatic N) is 2. The Kier molecular flexibility index (Phi) is 4.74. The van der Waals surface area contributed by atoms with Crippen molar-refractivity contribution < 1.29 is 9.22 Å². The van der Waals surface area contributed by atoms with E-state index >= 15 is 0 Å². The lowest BCUT2D eigenvalue weighted by Crippen LogP contribution is -2.41. The van der Waals surface area contributed by atoms with Gasteiger partial charge in [-0.3, -0.25) is 4.90 Å². The molecule has 0 aliphatic carbocycles. The summed E-state index contributed by atoms with van der Waals surface area (Å²) < 4.78 is 18.9. The van der Waals surface area contributed by atoms with Crippen LogP contribution in [-0.4, -0.2) is 43.0 Å². The van der Waals surface area contributed by atoms with Gasteiger partial charge in [0.15, 0.2) is 0 Å². The summed E-state index contributed by atoms with van der Waals surface area (Å²) in [5, 5.41) is 1.44. The Morgan fingerprint density at radius 3 is 2.82 bits per heavy atom. The van der Waals surface area contributed by atoms with E-state index in [2.05, 4.69) is 0 Å². The van der Waals surface area contributed by atoms with Gasteiger partial charge in [-0.2, -0.15) is 0 Å². The summed E-state index contributed by atoms with van der Waals surface area (Å²) in [5.41, 5.74) is 0.883. The zero-order chi connectivity index (χ0) is 12.1. The second-order valence-corrected chi connectivity index (χ2v) is 4.56. The van der Waals surface area contributed by atoms with Crippen molar-refractivity contribution in [3.8, 4) is 0 Å². The van der Waals surface area contributed by atoms with Crippen molar-refractivity contribution in [3.63, 3.8) is 0 Å². The summed E-state index contributed by atoms with van der Waals surface area (Å²) in [6.07, 6.45) is 0. The number of morpholine rings is 1. The molecule has 0 unspecified atom stereocenters. The Morgan fingerprint density at radius 2 is 2.12 bits per heavy atom. The van der Waals surface area contributed by atoms with Crippen molar-refractivity contribution in [1.29, 1.82) is 0 Å². The van der Waals surface area contributed by atoms with Crippen LogP contribution in [0.25, 0.3) is 0 Å². The molecule has 1 fully saturated rings. The molecule has 94 valence electrons. The number of benzene rings is 1. The molecular weight excluding hydrogens is 243 g/mol. The molecule has 0 saturated carbocycles. The Balaban J connectivity index is 1.82. The smallest absolute Gasteiger partial charge is 0.0812 e. The van der Waals surface area contributed by atoms with Gasteiger partial charge in [-0.25, -0.2) is 0 Å². The second kappa shape index (κ2) is 6.31. The van der Waals surface area contributed by atoms with Crippen molar-refractivity contribution in [1.82, 2.24) is 10.0 Å². The lowest BCUT2D eigenvalue weighted by atomic mass is 10.2. The highest BCUT2D eigenvalue weighted by Crippen LogP contribution is 2.13. The summed E-state index contributed by atoms with van der Waals surface area (Å²) in [7, 11) is 0. The van der Waals surface area contributed by atoms with Gasteiger partial charge >= 0.3 is 0 Å². The first-order chi connectivity index (χ1) is 8.24. The molecule has 5 heteroatoms. The van der Waals surface area contributed by atoms with Crippen LogP contribution in [0.1, 0.15) is 5.56 Å². The number of rotatable bonds is 4. The molecule has 1 aromatic rings. The highest BCUT2D eigenvalue weighted by Gasteiger charge is 2.14. The SMILES string of the molecule is FN(Cc1cccc(Cl)c1)CN1CCOCC1. The number of ether oxygens (including phenoxy) is 1. The Hall–Kier alpha value is -0.680. The average Bonchev–Trinajstić information content (AvgIpc) is 2.30. The van der Waals surface area contributed by atoms with Crippen LogP contribution in [0.3, 0.4) is 0 Å². The van der Waals surface area contributed by atoms with Crippen LogP contribution >= 0.6 is 11.6 Å². The van der Waals surface area contributed by atoms with Crippen molar-refractivity contribution >= 4 is 11.6 Å². The van der Waals surface area contributed by atoms with Crippen molar-refractivity contribution in [2.75, 3.05) is 33.0 Å². The van der Waals surface area contributed by atoms with E-state index in [0.717, 1.165) is 23.8 Å². The maximum absolute atomic E-state index is 13.7. The van der Waals surface area contributed by atoms with E-state index in [0.29, 0.717) is 24.9 Å². The molecule has 3 nitrogen and oxygen atoms in total. The normalized spacial score (nSPS) is 17.6. The Morgan fingerprint density at radius 1 is 1.35 bits per heavy atom. The van der Waals surface area contributed by atoms with Gasteiger partial charge in [0.05, 0.1) is 26.4 Å². The van der Waals surface area contributed by atoms with Crippen molar-refractivity contribution in [2.24, 2.45) is 0 Å². The fourth-order valence-corrected chi connectivity index (χ4v) is 2.06. The Labute approximate surface area is 106 Å². The summed E-state index contributed by atoms with van der Waals surface area (Å²) in [5.74, 6) is 0. The van der Waals surface area contributed by atoms with Gasteiger partial charge in [-0.1, -0.05) is 23.7 Å². The summed E-state index contributed by atoms with van der Waals surface area (Å²) in [6, 6.07) is 7.28. The topological polar surface area (TPSA) is 15.7 Å². The van der Waals surface area contributed by atoms with E-state index in [-0.39, 0.29) is 6.54 Å². The molecule has 1 aliphatic rings. The van der Waals surface area contributed by atoms with Gasteiger partial charge in [-0.05, 0) is 17.7 Å². The fourth-order valence-electron chi connectivity index (χ4n) is 1.84. The maximum Gasteiger partial charge on any atom is 0.0812 e. The number of halogens is 2. The molecule has 2 rings (SSSR count). The van der Waals surface area contributed by atoms with Crippen LogP contribution in [-0.2, 0) is 11.3 Å². The average molecular weight is 259 g/mol. The third-order valence-electron chi connectivity index (χ3n) is 2.70. The molecule has 1 saturated heterocycles. The first-order valence-electron chi connectivity index (χ1n) is 5.69. The minimum atomic E-state index is 0.262. The highest BCUT2D eigenvalue weighted by atomic mass is 35.5. The molecule has 0 spiro atoms. The molecule has 17 heavy (non-hydrogen) atoms. The van der Waals surface area contributed by atoms with Crippen LogP contribution in [0.5, 0.6) is 0 Å². The van der Waals surface area contributed by atoms with Crippen LogP contribution in [0.2, 0.25) is 5.02 Å². The van der Waals surface area contributed by atoms with E-state index in [1.54, 1.807) is 12.1 Å². The molecule has 0 N–H and O–H groups in total. The lowest BCUT2D eigenvalue weighted by Gasteiger charge is -2.28. The van der Waals surface area contributed by atoms with Crippen LogP contribution in [0.4, 0.5) is 4.48 Å². The number of hydrogen-bond acceptors (Lipinski definition) is 3. The molecule has 0 radical (unpaired) electrons. The quantitative estimate of drug-likeness (QED) is 0.771. The van der Waals surface area contributed by atoms with Gasteiger partial charge < -0.3 is 4.74 Å². The van der Waals surface area contributed by atoms with Gasteiger partial charge in [-0.15, -0.1) is 9.60 Å². The van der Waals surface area contributed by atoms with Crippen LogP contribution in [0, 0.1) is 0 Å². The zero-order valence-electron chi connectivity index (χ0n) is 9.61. The largest absolute Gasteiger partial charge is 0.379 e. The molecule has 1 heterocycles. The lowest BCUT2D eigenvalue weighted by molar-refractivity contribution is -0.0657. The van der Waals surface area contributed by atoms with Gasteiger partial charge in [0.2, 0.25) is 0 Å². The van der Waals surface area contributed by atoms with Crippen LogP contribution < -0.4 is 0 Å². The monoisotopic (exact) mass is 258 g/mol. The van der Waals surface area contributed by atoms with E-state index in [1.807, 2.05) is 17.0 Å². The molecule has 1 aliphatic heterocycles. The first kappa shape index (κ1) is 12.8. The minimum absolute atomic E-state index is 0.262. The predicted molar refractivity (Wildman–Crippen MR) is 65.4 cm³/mol. The third kappa shape index (κ3) is 4.24. The summed E-state index contributed by atoms with van der Waals surface area (Å²) in [6.45, 7) is 3.52. The van der Waals surface area contributed by atoms with Gasteiger partial charge in [0.1, 0.15) is 0 Å². The van der Waals surface area contributed by atoms with Gasteiger partial charge in [0.25, 0.3) is 0 Å². The van der Waals surface area contributed by atoms with Gasteiger partial charge in [0, 0.05) is 18.1 Å². The zero-order valence-corrected chi connectivity index (χ0v) is 10.4. The predicted octanol–water partition coefficient (Wildman–Crippen LogP) is 2.32. The van der Waals surface area contributed by atoms with E-state index in [1.165, 1.54) is 0 Å². The number of hydrogen-bond donors (Lipinski definition) is 0. The molecule has 0 atom stereocenters. The van der Waals surface area contributed by atoms with E-state index < -0.39 is 0 Å². The summed E-state index contributed by atoms with van der Waals surface area (Å²) in [4.78, 5) is 2.04. The highest BCUT2D eigenvalue weighted by molar-refractivity contribution is 6.30. The third-order valence-corrected chi connectivity index (χ3v) is 2.94. The minimum Gasteiger partial charge on any atom is -0.379 e. The van der Waals surface area contributed by atoms with Crippen molar-refractivity contribution in [3.05, 3.63) is 34.9 Å². The maximum atomic E-state index is 13.7. The fraction of sp³-hybridized carbons (Fsp3) is 0.500. The molecule has 0 bridgehead atoms. The molecule has 1 aromatic carbocycles. The Bertz CT molecular complexity index is 358. The molecule has 0 aromatic heterocycles. The van der Waals surface area contributed by atoms with E-state index in [4.69, 9.17) is 16.3 Å². The van der Waals surface area contributed by atoms with E-state index in [9.17, 15) is 4.48 Å². The summed E-state index contributed by atoms with van der Waals surface area (Å²) >= 11 is 5.85. The second-order valence-electron chi connectivity index (χ2n) is 4.12. The standard InChI is InChI=1S/C12H16ClFN2O/c13-12-3-1-2-11(8-12)9-16(14)10-15-4-6-17-7-5-15/h1-3,8H,4-7,9-10H2.